The first kappa shape index (κ1) is 13.8. The third-order valence-electron chi connectivity index (χ3n) is 2.53. The van der Waals surface area contributed by atoms with Crippen LogP contribution < -0.4 is 0 Å². The van der Waals surface area contributed by atoms with Crippen molar-refractivity contribution in [3.05, 3.63) is 35.6 Å². The zero-order valence-electron chi connectivity index (χ0n) is 10.2. The molecule has 0 spiro atoms. The Balaban J connectivity index is 2.19. The van der Waals surface area contributed by atoms with E-state index in [0.29, 0.717) is 25.2 Å². The van der Waals surface area contributed by atoms with Gasteiger partial charge in [0, 0.05) is 18.6 Å². The highest BCUT2D eigenvalue weighted by Crippen LogP contribution is 2.06. The summed E-state index contributed by atoms with van der Waals surface area (Å²) in [5, 5.41) is 0. The van der Waals surface area contributed by atoms with E-state index in [2.05, 4.69) is 6.92 Å². The van der Waals surface area contributed by atoms with E-state index >= 15 is 0 Å². The smallest absolute Gasteiger partial charge is 0.165 e. The average molecular weight is 238 g/mol. The molecule has 17 heavy (non-hydrogen) atoms. The van der Waals surface area contributed by atoms with Crippen molar-refractivity contribution >= 4 is 5.78 Å². The highest BCUT2D eigenvalue weighted by molar-refractivity contribution is 5.96. The summed E-state index contributed by atoms with van der Waals surface area (Å²) >= 11 is 0. The van der Waals surface area contributed by atoms with Crippen LogP contribution >= 0.6 is 0 Å². The van der Waals surface area contributed by atoms with Crippen LogP contribution in [0.4, 0.5) is 4.39 Å². The van der Waals surface area contributed by atoms with Gasteiger partial charge in [-0.3, -0.25) is 4.79 Å². The summed E-state index contributed by atoms with van der Waals surface area (Å²) in [6.07, 6.45) is 3.72. The van der Waals surface area contributed by atoms with E-state index in [-0.39, 0.29) is 11.6 Å². The largest absolute Gasteiger partial charge is 0.381 e. The normalized spacial score (nSPS) is 10.5. The topological polar surface area (TPSA) is 26.3 Å². The Hall–Kier alpha value is -1.22. The Kier molecular flexibility index (Phi) is 6.48. The number of hydrogen-bond acceptors (Lipinski definition) is 2. The van der Waals surface area contributed by atoms with Crippen molar-refractivity contribution in [2.24, 2.45) is 0 Å². The number of benzene rings is 1. The highest BCUT2D eigenvalue weighted by Gasteiger charge is 2.05. The molecule has 0 amide bonds. The first-order chi connectivity index (χ1) is 8.24. The number of ketones is 1. The van der Waals surface area contributed by atoms with Crippen molar-refractivity contribution in [2.45, 2.75) is 32.6 Å². The second-order valence-electron chi connectivity index (χ2n) is 4.00. The van der Waals surface area contributed by atoms with E-state index in [1.54, 1.807) is 0 Å². The molecule has 0 N–H and O–H groups in total. The van der Waals surface area contributed by atoms with Crippen LogP contribution in [0.15, 0.2) is 24.3 Å². The molecular weight excluding hydrogens is 219 g/mol. The first-order valence-electron chi connectivity index (χ1n) is 6.10. The maximum atomic E-state index is 12.6. The van der Waals surface area contributed by atoms with Crippen LogP contribution in [0.2, 0.25) is 0 Å². The Morgan fingerprint density at radius 1 is 1.18 bits per heavy atom. The van der Waals surface area contributed by atoms with Crippen LogP contribution in [0, 0.1) is 5.82 Å². The summed E-state index contributed by atoms with van der Waals surface area (Å²) in [5.74, 6) is -0.321. The van der Waals surface area contributed by atoms with Crippen molar-refractivity contribution in [1.82, 2.24) is 0 Å². The number of carbonyl (C=O) groups excluding carboxylic acids is 1. The van der Waals surface area contributed by atoms with Crippen LogP contribution in [0.5, 0.6) is 0 Å². The van der Waals surface area contributed by atoms with E-state index in [9.17, 15) is 9.18 Å². The molecule has 2 nitrogen and oxygen atoms in total. The minimum atomic E-state index is -0.322. The lowest BCUT2D eigenvalue weighted by atomic mass is 10.1. The Labute approximate surface area is 102 Å². The summed E-state index contributed by atoms with van der Waals surface area (Å²) in [5.41, 5.74) is 0.545. The number of rotatable bonds is 8. The molecule has 0 saturated carbocycles. The molecule has 0 fully saturated rings. The third-order valence-corrected chi connectivity index (χ3v) is 2.53. The summed E-state index contributed by atoms with van der Waals surface area (Å²) in [4.78, 5) is 11.6. The quantitative estimate of drug-likeness (QED) is 0.511. The summed E-state index contributed by atoms with van der Waals surface area (Å²) in [6, 6.07) is 5.62. The van der Waals surface area contributed by atoms with Crippen LogP contribution in [0.25, 0.3) is 0 Å². The lowest BCUT2D eigenvalue weighted by molar-refractivity contribution is 0.0872. The van der Waals surface area contributed by atoms with Gasteiger partial charge in [0.1, 0.15) is 5.82 Å². The van der Waals surface area contributed by atoms with Gasteiger partial charge in [-0.2, -0.15) is 0 Å². The second kappa shape index (κ2) is 7.96. The molecule has 0 bridgehead atoms. The van der Waals surface area contributed by atoms with E-state index in [1.807, 2.05) is 0 Å². The number of halogens is 1. The van der Waals surface area contributed by atoms with Crippen LogP contribution in [0.1, 0.15) is 43.0 Å². The van der Waals surface area contributed by atoms with Gasteiger partial charge in [-0.05, 0) is 30.7 Å². The molecule has 0 aliphatic carbocycles. The van der Waals surface area contributed by atoms with Gasteiger partial charge in [0.15, 0.2) is 5.78 Å². The van der Waals surface area contributed by atoms with Gasteiger partial charge in [-0.1, -0.05) is 19.8 Å². The van der Waals surface area contributed by atoms with Crippen LogP contribution in [-0.4, -0.2) is 19.0 Å². The van der Waals surface area contributed by atoms with Gasteiger partial charge < -0.3 is 4.74 Å². The summed E-state index contributed by atoms with van der Waals surface area (Å²) < 4.78 is 18.0. The molecule has 0 aliphatic heterocycles. The monoisotopic (exact) mass is 238 g/mol. The van der Waals surface area contributed by atoms with Gasteiger partial charge in [0.25, 0.3) is 0 Å². The molecule has 3 heteroatoms. The molecule has 0 atom stereocenters. The van der Waals surface area contributed by atoms with E-state index in [0.717, 1.165) is 19.3 Å². The van der Waals surface area contributed by atoms with Gasteiger partial charge in [-0.25, -0.2) is 4.39 Å². The van der Waals surface area contributed by atoms with Crippen molar-refractivity contribution < 1.29 is 13.9 Å². The number of hydrogen-bond donors (Lipinski definition) is 0. The fourth-order valence-corrected chi connectivity index (χ4v) is 1.50. The fourth-order valence-electron chi connectivity index (χ4n) is 1.50. The minimum absolute atomic E-state index is 0.000455. The number of unbranched alkanes of at least 4 members (excludes halogenated alkanes) is 2. The standard InChI is InChI=1S/C14H19FO2/c1-2-3-4-10-17-11-9-14(16)12-5-7-13(15)8-6-12/h5-8H,2-4,9-11H2,1H3. The van der Waals surface area contributed by atoms with E-state index < -0.39 is 0 Å². The molecule has 1 aromatic rings. The second-order valence-corrected chi connectivity index (χ2v) is 4.00. The fraction of sp³-hybridized carbons (Fsp3) is 0.500. The molecule has 1 aromatic carbocycles. The van der Waals surface area contributed by atoms with Crippen LogP contribution in [0.3, 0.4) is 0 Å². The Morgan fingerprint density at radius 3 is 2.53 bits per heavy atom. The number of Topliss-reactive ketones (excluding diaryl/α,β-unsaturated/α-hetero) is 1. The van der Waals surface area contributed by atoms with Crippen LogP contribution in [-0.2, 0) is 4.74 Å². The molecule has 1 rings (SSSR count). The molecule has 0 heterocycles. The number of carbonyl (C=O) groups is 1. The zero-order chi connectivity index (χ0) is 12.5. The molecule has 0 aromatic heterocycles. The Morgan fingerprint density at radius 2 is 1.88 bits per heavy atom. The molecule has 0 saturated heterocycles. The van der Waals surface area contributed by atoms with Crippen molar-refractivity contribution in [3.63, 3.8) is 0 Å². The van der Waals surface area contributed by atoms with Crippen molar-refractivity contribution in [2.75, 3.05) is 13.2 Å². The van der Waals surface area contributed by atoms with Gasteiger partial charge in [0.05, 0.1) is 6.61 Å². The highest BCUT2D eigenvalue weighted by atomic mass is 19.1. The molecule has 0 unspecified atom stereocenters. The van der Waals surface area contributed by atoms with Crippen molar-refractivity contribution in [3.8, 4) is 0 Å². The maximum absolute atomic E-state index is 12.6. The SMILES string of the molecule is CCCCCOCCC(=O)c1ccc(F)cc1. The average Bonchev–Trinajstić information content (AvgIpc) is 2.34. The van der Waals surface area contributed by atoms with Gasteiger partial charge >= 0.3 is 0 Å². The van der Waals surface area contributed by atoms with Gasteiger partial charge in [-0.15, -0.1) is 0 Å². The van der Waals surface area contributed by atoms with Crippen molar-refractivity contribution in [1.29, 1.82) is 0 Å². The molecule has 0 aliphatic rings. The minimum Gasteiger partial charge on any atom is -0.381 e. The van der Waals surface area contributed by atoms with E-state index in [4.69, 9.17) is 4.74 Å². The maximum Gasteiger partial charge on any atom is 0.165 e. The third kappa shape index (κ3) is 5.59. The van der Waals surface area contributed by atoms with Gasteiger partial charge in [0.2, 0.25) is 0 Å². The Bertz CT molecular complexity index is 333. The summed E-state index contributed by atoms with van der Waals surface area (Å²) in [6.45, 7) is 3.29. The van der Waals surface area contributed by atoms with E-state index in [1.165, 1.54) is 24.3 Å². The zero-order valence-corrected chi connectivity index (χ0v) is 10.2. The lowest BCUT2D eigenvalue weighted by Gasteiger charge is -2.03. The molecular formula is C14H19FO2. The molecule has 94 valence electrons. The summed E-state index contributed by atoms with van der Waals surface area (Å²) in [7, 11) is 0. The first-order valence-corrected chi connectivity index (χ1v) is 6.10. The predicted molar refractivity (Wildman–Crippen MR) is 65.7 cm³/mol. The molecule has 0 radical (unpaired) electrons. The number of ether oxygens (including phenoxy) is 1. The lowest BCUT2D eigenvalue weighted by Crippen LogP contribution is -2.05. The predicted octanol–water partition coefficient (Wildman–Crippen LogP) is 3.61.